The van der Waals surface area contributed by atoms with E-state index in [9.17, 15) is 0 Å². The predicted molar refractivity (Wildman–Crippen MR) is 67.8 cm³/mol. The predicted octanol–water partition coefficient (Wildman–Crippen LogP) is 2.85. The Hall–Kier alpha value is -1.28. The van der Waals surface area contributed by atoms with Crippen molar-refractivity contribution in [3.63, 3.8) is 0 Å². The van der Waals surface area contributed by atoms with Crippen LogP contribution in [0.2, 0.25) is 0 Å². The van der Waals surface area contributed by atoms with Crippen LogP contribution in [0.25, 0.3) is 10.9 Å². The van der Waals surface area contributed by atoms with E-state index in [0.717, 1.165) is 6.54 Å². The van der Waals surface area contributed by atoms with E-state index in [0.29, 0.717) is 5.92 Å². The molecule has 0 fully saturated rings. The van der Waals surface area contributed by atoms with Crippen LogP contribution in [-0.2, 0) is 6.42 Å². The second-order valence-electron chi connectivity index (χ2n) is 4.84. The Kier molecular flexibility index (Phi) is 2.25. The Morgan fingerprint density at radius 2 is 2.31 bits per heavy atom. The summed E-state index contributed by atoms with van der Waals surface area (Å²) in [6.07, 6.45) is 3.69. The van der Waals surface area contributed by atoms with Gasteiger partial charge in [0.2, 0.25) is 0 Å². The van der Waals surface area contributed by atoms with E-state index < -0.39 is 0 Å². The molecule has 0 radical (unpaired) electrons. The number of nitrogens with two attached hydrogens (primary N) is 1. The van der Waals surface area contributed by atoms with Crippen LogP contribution in [0.3, 0.4) is 0 Å². The van der Waals surface area contributed by atoms with Crippen LogP contribution in [0.1, 0.15) is 35.6 Å². The Bertz CT molecular complexity index is 525. The fraction of sp³-hybridized carbons (Fsp3) is 0.429. The van der Waals surface area contributed by atoms with Gasteiger partial charge in [-0.1, -0.05) is 18.2 Å². The highest BCUT2D eigenvalue weighted by atomic mass is 14.7. The van der Waals surface area contributed by atoms with Gasteiger partial charge in [-0.05, 0) is 49.8 Å². The van der Waals surface area contributed by atoms with Gasteiger partial charge in [-0.3, -0.25) is 0 Å². The lowest BCUT2D eigenvalue weighted by molar-refractivity contribution is 0.560. The number of para-hydroxylation sites is 1. The van der Waals surface area contributed by atoms with E-state index >= 15 is 0 Å². The minimum atomic E-state index is 0.555. The van der Waals surface area contributed by atoms with Gasteiger partial charge in [0.1, 0.15) is 0 Å². The molecule has 0 saturated carbocycles. The number of H-pyrrole nitrogens is 1. The minimum Gasteiger partial charge on any atom is -0.358 e. The van der Waals surface area contributed by atoms with Crippen molar-refractivity contribution in [1.29, 1.82) is 0 Å². The number of aromatic amines is 1. The molecule has 16 heavy (non-hydrogen) atoms. The maximum atomic E-state index is 5.89. The molecule has 1 unspecified atom stereocenters. The first-order valence-corrected chi connectivity index (χ1v) is 6.11. The van der Waals surface area contributed by atoms with Gasteiger partial charge in [0.05, 0.1) is 0 Å². The summed E-state index contributed by atoms with van der Waals surface area (Å²) in [5, 5.41) is 1.39. The van der Waals surface area contributed by atoms with Gasteiger partial charge in [0.15, 0.2) is 0 Å². The van der Waals surface area contributed by atoms with E-state index in [1.807, 2.05) is 0 Å². The summed E-state index contributed by atoms with van der Waals surface area (Å²) in [7, 11) is 0. The molecule has 0 bridgehead atoms. The van der Waals surface area contributed by atoms with Crippen molar-refractivity contribution in [1.82, 2.24) is 4.98 Å². The number of benzene rings is 1. The van der Waals surface area contributed by atoms with Gasteiger partial charge >= 0.3 is 0 Å². The zero-order valence-electron chi connectivity index (χ0n) is 9.72. The summed E-state index contributed by atoms with van der Waals surface area (Å²) in [4.78, 5) is 3.59. The summed E-state index contributed by atoms with van der Waals surface area (Å²) in [5.74, 6) is 0.555. The van der Waals surface area contributed by atoms with Gasteiger partial charge in [-0.25, -0.2) is 0 Å². The average molecular weight is 214 g/mol. The first kappa shape index (κ1) is 9.91. The lowest BCUT2D eigenvalue weighted by Crippen LogP contribution is -2.17. The van der Waals surface area contributed by atoms with Crippen LogP contribution in [0.15, 0.2) is 18.2 Å². The maximum absolute atomic E-state index is 5.89. The molecule has 2 aromatic rings. The van der Waals surface area contributed by atoms with Crippen LogP contribution in [0, 0.1) is 6.92 Å². The molecule has 1 aromatic heterocycles. The third-order valence-electron chi connectivity index (χ3n) is 3.84. The zero-order valence-corrected chi connectivity index (χ0v) is 9.72. The van der Waals surface area contributed by atoms with Gasteiger partial charge < -0.3 is 10.7 Å². The highest BCUT2D eigenvalue weighted by molar-refractivity contribution is 5.88. The molecule has 0 amide bonds. The number of aryl methyl sites for hydroxylation is 2. The summed E-state index contributed by atoms with van der Waals surface area (Å²) in [6.45, 7) is 2.94. The number of aromatic nitrogens is 1. The summed E-state index contributed by atoms with van der Waals surface area (Å²) < 4.78 is 0. The van der Waals surface area contributed by atoms with Crippen molar-refractivity contribution in [2.45, 2.75) is 32.1 Å². The van der Waals surface area contributed by atoms with Crippen molar-refractivity contribution in [3.05, 3.63) is 35.0 Å². The Morgan fingerprint density at radius 1 is 1.44 bits per heavy atom. The molecule has 0 spiro atoms. The molecule has 1 aliphatic rings. The van der Waals surface area contributed by atoms with Crippen LogP contribution in [0.5, 0.6) is 0 Å². The average Bonchev–Trinajstić information content (AvgIpc) is 2.69. The lowest BCUT2D eigenvalue weighted by atomic mass is 9.85. The molecular formula is C14H18N2. The SMILES string of the molecule is Cc1cccc2c3c([nH]c12)CCCC3CN. The fourth-order valence-electron chi connectivity index (χ4n) is 3.01. The number of rotatable bonds is 1. The first-order valence-electron chi connectivity index (χ1n) is 6.11. The first-order chi connectivity index (χ1) is 7.81. The smallest absolute Gasteiger partial charge is 0.0488 e. The van der Waals surface area contributed by atoms with Crippen LogP contribution < -0.4 is 5.73 Å². The molecular weight excluding hydrogens is 196 g/mol. The molecule has 1 heterocycles. The quantitative estimate of drug-likeness (QED) is 0.753. The number of hydrogen-bond acceptors (Lipinski definition) is 1. The van der Waals surface area contributed by atoms with Gasteiger partial charge in [0, 0.05) is 16.6 Å². The minimum absolute atomic E-state index is 0.555. The van der Waals surface area contributed by atoms with Crippen molar-refractivity contribution in [3.8, 4) is 0 Å². The normalized spacial score (nSPS) is 20.0. The van der Waals surface area contributed by atoms with Gasteiger partial charge in [-0.2, -0.15) is 0 Å². The van der Waals surface area contributed by atoms with Crippen molar-refractivity contribution in [2.24, 2.45) is 5.73 Å². The second-order valence-corrected chi connectivity index (χ2v) is 4.84. The highest BCUT2D eigenvalue weighted by Crippen LogP contribution is 2.37. The zero-order chi connectivity index (χ0) is 11.1. The molecule has 2 heteroatoms. The van der Waals surface area contributed by atoms with Crippen LogP contribution in [0.4, 0.5) is 0 Å². The second kappa shape index (κ2) is 3.63. The van der Waals surface area contributed by atoms with E-state index in [1.165, 1.54) is 47.0 Å². The number of hydrogen-bond donors (Lipinski definition) is 2. The van der Waals surface area contributed by atoms with Gasteiger partial charge in [0.25, 0.3) is 0 Å². The summed E-state index contributed by atoms with van der Waals surface area (Å²) in [5.41, 5.74) is 11.5. The largest absolute Gasteiger partial charge is 0.358 e. The molecule has 0 aliphatic heterocycles. The summed E-state index contributed by atoms with van der Waals surface area (Å²) >= 11 is 0. The third kappa shape index (κ3) is 1.30. The molecule has 3 N–H and O–H groups in total. The highest BCUT2D eigenvalue weighted by Gasteiger charge is 2.23. The van der Waals surface area contributed by atoms with Crippen molar-refractivity contribution >= 4 is 10.9 Å². The van der Waals surface area contributed by atoms with Gasteiger partial charge in [-0.15, -0.1) is 0 Å². The number of nitrogens with one attached hydrogen (secondary N) is 1. The summed E-state index contributed by atoms with van der Waals surface area (Å²) in [6, 6.07) is 6.54. The Labute approximate surface area is 95.8 Å². The van der Waals surface area contributed by atoms with Crippen LogP contribution >= 0.6 is 0 Å². The Balaban J connectivity index is 2.30. The third-order valence-corrected chi connectivity index (χ3v) is 3.84. The van der Waals surface area contributed by atoms with Crippen molar-refractivity contribution in [2.75, 3.05) is 6.54 Å². The Morgan fingerprint density at radius 3 is 3.12 bits per heavy atom. The van der Waals surface area contributed by atoms with E-state index in [-0.39, 0.29) is 0 Å². The van der Waals surface area contributed by atoms with E-state index in [1.54, 1.807) is 0 Å². The van der Waals surface area contributed by atoms with Crippen molar-refractivity contribution < 1.29 is 0 Å². The molecule has 3 rings (SSSR count). The van der Waals surface area contributed by atoms with E-state index in [2.05, 4.69) is 30.1 Å². The molecule has 1 aliphatic carbocycles. The maximum Gasteiger partial charge on any atom is 0.0488 e. The van der Waals surface area contributed by atoms with Crippen LogP contribution in [-0.4, -0.2) is 11.5 Å². The topological polar surface area (TPSA) is 41.8 Å². The van der Waals surface area contributed by atoms with E-state index in [4.69, 9.17) is 5.73 Å². The molecule has 2 nitrogen and oxygen atoms in total. The molecule has 1 atom stereocenters. The lowest BCUT2D eigenvalue weighted by Gasteiger charge is -2.21. The monoisotopic (exact) mass is 214 g/mol. The fourth-order valence-corrected chi connectivity index (χ4v) is 3.01. The molecule has 84 valence electrons. The molecule has 1 aromatic carbocycles. The number of fused-ring (bicyclic) bond motifs is 3. The molecule has 0 saturated heterocycles. The standard InChI is InChI=1S/C14H18N2/c1-9-4-2-6-11-13-10(8-15)5-3-7-12(13)16-14(9)11/h2,4,6,10,16H,3,5,7-8,15H2,1H3.